The van der Waals surface area contributed by atoms with Crippen LogP contribution in [0.3, 0.4) is 0 Å². The van der Waals surface area contributed by atoms with E-state index in [1.807, 2.05) is 60.7 Å². The van der Waals surface area contributed by atoms with Gasteiger partial charge in [0.15, 0.2) is 6.10 Å². The van der Waals surface area contributed by atoms with E-state index in [1.54, 1.807) is 13.2 Å². The first-order chi connectivity index (χ1) is 11.7. The first-order valence-electron chi connectivity index (χ1n) is 7.67. The SMILES string of the molecule is COc1ccc(C[C@@H](Oc2cccc3ccccc23)C(=O)O)cc1. The highest BCUT2D eigenvalue weighted by molar-refractivity contribution is 5.88. The zero-order valence-electron chi connectivity index (χ0n) is 13.3. The summed E-state index contributed by atoms with van der Waals surface area (Å²) < 4.78 is 10.9. The first kappa shape index (κ1) is 15.9. The van der Waals surface area contributed by atoms with Crippen LogP contribution >= 0.6 is 0 Å². The van der Waals surface area contributed by atoms with Crippen LogP contribution in [-0.2, 0) is 11.2 Å². The standard InChI is InChI=1S/C20H18O4/c1-23-16-11-9-14(10-12-16)13-19(20(21)22)24-18-8-4-6-15-5-2-3-7-17(15)18/h2-12,19H,13H2,1H3,(H,21,22)/t19-/m1/s1. The third-order valence-electron chi connectivity index (χ3n) is 3.87. The van der Waals surface area contributed by atoms with E-state index >= 15 is 0 Å². The van der Waals surface area contributed by atoms with Gasteiger partial charge in [0.2, 0.25) is 0 Å². The predicted molar refractivity (Wildman–Crippen MR) is 92.7 cm³/mol. The summed E-state index contributed by atoms with van der Waals surface area (Å²) in [5.74, 6) is 0.327. The molecule has 0 saturated carbocycles. The number of carboxylic acid groups (broad SMARTS) is 1. The van der Waals surface area contributed by atoms with Crippen molar-refractivity contribution in [2.75, 3.05) is 7.11 Å². The topological polar surface area (TPSA) is 55.8 Å². The van der Waals surface area contributed by atoms with E-state index in [9.17, 15) is 9.90 Å². The Bertz CT molecular complexity index is 834. The van der Waals surface area contributed by atoms with Gasteiger partial charge in [-0.15, -0.1) is 0 Å². The van der Waals surface area contributed by atoms with Crippen molar-refractivity contribution in [3.05, 3.63) is 72.3 Å². The average Bonchev–Trinajstić information content (AvgIpc) is 2.62. The average molecular weight is 322 g/mol. The van der Waals surface area contributed by atoms with Gasteiger partial charge in [0.1, 0.15) is 11.5 Å². The molecule has 0 fully saturated rings. The van der Waals surface area contributed by atoms with Gasteiger partial charge in [0, 0.05) is 11.8 Å². The van der Waals surface area contributed by atoms with Crippen molar-refractivity contribution in [2.45, 2.75) is 12.5 Å². The quantitative estimate of drug-likeness (QED) is 0.747. The molecule has 3 aromatic carbocycles. The Morgan fingerprint density at radius 1 is 1.00 bits per heavy atom. The molecule has 3 aromatic rings. The lowest BCUT2D eigenvalue weighted by atomic mass is 10.1. The predicted octanol–water partition coefficient (Wildman–Crippen LogP) is 3.92. The number of hydrogen-bond acceptors (Lipinski definition) is 3. The lowest BCUT2D eigenvalue weighted by Gasteiger charge is -2.17. The van der Waals surface area contributed by atoms with Gasteiger partial charge < -0.3 is 14.6 Å². The van der Waals surface area contributed by atoms with Gasteiger partial charge >= 0.3 is 5.97 Å². The van der Waals surface area contributed by atoms with Crippen LogP contribution < -0.4 is 9.47 Å². The molecule has 3 rings (SSSR count). The second kappa shape index (κ2) is 7.04. The van der Waals surface area contributed by atoms with Crippen LogP contribution in [0.25, 0.3) is 10.8 Å². The van der Waals surface area contributed by atoms with E-state index in [1.165, 1.54) is 0 Å². The highest BCUT2D eigenvalue weighted by Gasteiger charge is 2.21. The Labute approximate surface area is 140 Å². The maximum atomic E-state index is 11.6. The molecular formula is C20H18O4. The smallest absolute Gasteiger partial charge is 0.345 e. The van der Waals surface area contributed by atoms with E-state index < -0.39 is 12.1 Å². The van der Waals surface area contributed by atoms with Crippen molar-refractivity contribution in [3.63, 3.8) is 0 Å². The maximum absolute atomic E-state index is 11.6. The zero-order valence-corrected chi connectivity index (χ0v) is 13.3. The Morgan fingerprint density at radius 2 is 1.71 bits per heavy atom. The van der Waals surface area contributed by atoms with Gasteiger partial charge in [0.25, 0.3) is 0 Å². The number of ether oxygens (including phenoxy) is 2. The van der Waals surface area contributed by atoms with Crippen LogP contribution in [0.5, 0.6) is 11.5 Å². The van der Waals surface area contributed by atoms with E-state index in [-0.39, 0.29) is 6.42 Å². The van der Waals surface area contributed by atoms with Gasteiger partial charge in [0.05, 0.1) is 7.11 Å². The third-order valence-corrected chi connectivity index (χ3v) is 3.87. The minimum atomic E-state index is -0.987. The number of rotatable bonds is 6. The molecule has 0 aliphatic heterocycles. The largest absolute Gasteiger partial charge is 0.497 e. The molecule has 0 radical (unpaired) electrons. The number of methoxy groups -OCH3 is 1. The summed E-state index contributed by atoms with van der Waals surface area (Å²) in [6.45, 7) is 0. The number of carboxylic acids is 1. The van der Waals surface area contributed by atoms with E-state index in [0.717, 1.165) is 22.1 Å². The lowest BCUT2D eigenvalue weighted by molar-refractivity contribution is -0.144. The number of aliphatic carboxylic acids is 1. The summed E-state index contributed by atoms with van der Waals surface area (Å²) in [5, 5.41) is 11.4. The molecule has 1 N–H and O–H groups in total. The molecule has 0 bridgehead atoms. The minimum absolute atomic E-state index is 0.280. The van der Waals surface area contributed by atoms with Crippen LogP contribution in [0.2, 0.25) is 0 Å². The molecule has 4 heteroatoms. The summed E-state index contributed by atoms with van der Waals surface area (Å²) in [4.78, 5) is 11.6. The van der Waals surface area contributed by atoms with Crippen molar-refractivity contribution in [3.8, 4) is 11.5 Å². The molecule has 122 valence electrons. The van der Waals surface area contributed by atoms with Crippen molar-refractivity contribution in [2.24, 2.45) is 0 Å². The van der Waals surface area contributed by atoms with Crippen LogP contribution in [0.4, 0.5) is 0 Å². The Hall–Kier alpha value is -3.01. The highest BCUT2D eigenvalue weighted by Crippen LogP contribution is 2.27. The van der Waals surface area contributed by atoms with Crippen molar-refractivity contribution >= 4 is 16.7 Å². The minimum Gasteiger partial charge on any atom is -0.497 e. The number of hydrogen-bond donors (Lipinski definition) is 1. The van der Waals surface area contributed by atoms with Crippen LogP contribution in [0.15, 0.2) is 66.7 Å². The molecule has 0 aromatic heterocycles. The van der Waals surface area contributed by atoms with Gasteiger partial charge in [-0.3, -0.25) is 0 Å². The molecule has 0 heterocycles. The van der Waals surface area contributed by atoms with Crippen LogP contribution in [-0.4, -0.2) is 24.3 Å². The zero-order chi connectivity index (χ0) is 16.9. The first-order valence-corrected chi connectivity index (χ1v) is 7.67. The van der Waals surface area contributed by atoms with E-state index in [0.29, 0.717) is 5.75 Å². The summed E-state index contributed by atoms with van der Waals surface area (Å²) in [7, 11) is 1.60. The third kappa shape index (κ3) is 3.49. The molecule has 4 nitrogen and oxygen atoms in total. The second-order valence-electron chi connectivity index (χ2n) is 5.47. The molecule has 0 aliphatic rings. The molecule has 1 atom stereocenters. The number of carbonyl (C=O) groups is 1. The molecule has 0 saturated heterocycles. The van der Waals surface area contributed by atoms with Gasteiger partial charge in [-0.25, -0.2) is 4.79 Å². The summed E-state index contributed by atoms with van der Waals surface area (Å²) in [6.07, 6.45) is -0.674. The van der Waals surface area contributed by atoms with E-state index in [2.05, 4.69) is 0 Å². The van der Waals surface area contributed by atoms with Crippen LogP contribution in [0.1, 0.15) is 5.56 Å². The van der Waals surface area contributed by atoms with Gasteiger partial charge in [-0.05, 0) is 29.1 Å². The van der Waals surface area contributed by atoms with Crippen molar-refractivity contribution in [1.82, 2.24) is 0 Å². The fourth-order valence-corrected chi connectivity index (χ4v) is 2.61. The molecule has 0 aliphatic carbocycles. The van der Waals surface area contributed by atoms with Gasteiger partial charge in [-0.2, -0.15) is 0 Å². The summed E-state index contributed by atoms with van der Waals surface area (Å²) in [6, 6.07) is 20.7. The molecule has 0 amide bonds. The normalized spacial score (nSPS) is 11.9. The Balaban J connectivity index is 1.84. The van der Waals surface area contributed by atoms with Crippen LogP contribution in [0, 0.1) is 0 Å². The number of fused-ring (bicyclic) bond motifs is 1. The number of benzene rings is 3. The fraction of sp³-hybridized carbons (Fsp3) is 0.150. The van der Waals surface area contributed by atoms with Crippen molar-refractivity contribution in [1.29, 1.82) is 0 Å². The molecular weight excluding hydrogens is 304 g/mol. The van der Waals surface area contributed by atoms with E-state index in [4.69, 9.17) is 9.47 Å². The molecule has 0 spiro atoms. The Morgan fingerprint density at radius 3 is 2.42 bits per heavy atom. The van der Waals surface area contributed by atoms with Gasteiger partial charge in [-0.1, -0.05) is 48.5 Å². The lowest BCUT2D eigenvalue weighted by Crippen LogP contribution is -2.29. The molecule has 24 heavy (non-hydrogen) atoms. The maximum Gasteiger partial charge on any atom is 0.345 e. The summed E-state index contributed by atoms with van der Waals surface area (Å²) in [5.41, 5.74) is 0.878. The Kier molecular flexibility index (Phi) is 4.66. The van der Waals surface area contributed by atoms with Crippen molar-refractivity contribution < 1.29 is 19.4 Å². The summed E-state index contributed by atoms with van der Waals surface area (Å²) >= 11 is 0. The monoisotopic (exact) mass is 322 g/mol. The second-order valence-corrected chi connectivity index (χ2v) is 5.47. The fourth-order valence-electron chi connectivity index (χ4n) is 2.61. The molecule has 0 unspecified atom stereocenters. The highest BCUT2D eigenvalue weighted by atomic mass is 16.5.